The third-order valence-electron chi connectivity index (χ3n) is 0.333. The van der Waals surface area contributed by atoms with Gasteiger partial charge in [0.05, 0.1) is 0 Å². The smallest absolute Gasteiger partial charge is 0.0470 e. The Hall–Kier alpha value is 0.0300. The van der Waals surface area contributed by atoms with Gasteiger partial charge >= 0.3 is 0 Å². The van der Waals surface area contributed by atoms with Crippen molar-refractivity contribution in [1.29, 1.82) is 0 Å². The molecule has 0 heterocycles. The van der Waals surface area contributed by atoms with Gasteiger partial charge in [0.1, 0.15) is 0 Å². The Bertz CT molecular complexity index is 18.8. The Morgan fingerprint density at radius 1 is 1.00 bits per heavy atom. The number of rotatable bonds is 0. The summed E-state index contributed by atoms with van der Waals surface area (Å²) < 4.78 is 0. The first-order chi connectivity index (χ1) is 1.91. The summed E-state index contributed by atoms with van der Waals surface area (Å²) >= 11 is 0. The fourth-order valence-corrected chi connectivity index (χ4v) is 0. The van der Waals surface area contributed by atoms with Crippen molar-refractivity contribution < 1.29 is 0 Å². The van der Waals surface area contributed by atoms with Crippen molar-refractivity contribution in [2.75, 3.05) is 0 Å². The Kier molecular flexibility index (Phi) is 16.0. The van der Waals surface area contributed by atoms with E-state index in [4.69, 9.17) is 0 Å². The van der Waals surface area contributed by atoms with Gasteiger partial charge < -0.3 is 0 Å². The molecule has 0 aromatic carbocycles. The van der Waals surface area contributed by atoms with Crippen molar-refractivity contribution >= 4 is 12.4 Å². The Morgan fingerprint density at radius 3 is 1.20 bits per heavy atom. The Morgan fingerprint density at radius 2 is 1.20 bits per heavy atom. The van der Waals surface area contributed by atoms with Gasteiger partial charge in [-0.05, 0) is 13.8 Å². The van der Waals surface area contributed by atoms with E-state index < -0.39 is 0 Å². The van der Waals surface area contributed by atoms with Crippen LogP contribution in [0.5, 0.6) is 0 Å². The highest BCUT2D eigenvalue weighted by molar-refractivity contribution is 5.85. The van der Waals surface area contributed by atoms with Crippen LogP contribution in [0, 0.1) is 0 Å². The van der Waals surface area contributed by atoms with Crippen molar-refractivity contribution in [1.82, 2.24) is 0 Å². The molecule has 0 aliphatic heterocycles. The first-order valence-corrected chi connectivity index (χ1v) is 1.49. The lowest BCUT2D eigenvalue weighted by molar-refractivity contribution is 1.64. The van der Waals surface area contributed by atoms with Crippen LogP contribution in [0.1, 0.15) is 13.8 Å². The molecule has 0 aliphatic carbocycles. The molecule has 0 nitrogen and oxygen atoms in total. The average Bonchev–Trinajstić information content (AvgIpc) is 1.37. The molecule has 32 valence electrons. The van der Waals surface area contributed by atoms with E-state index >= 15 is 0 Å². The number of allylic oxidation sites excluding steroid dienone is 2. The third-order valence-corrected chi connectivity index (χ3v) is 0.333. The van der Waals surface area contributed by atoms with Crippen LogP contribution in [0.4, 0.5) is 0 Å². The van der Waals surface area contributed by atoms with Gasteiger partial charge in [-0.15, -0.1) is 12.4 Å². The first-order valence-electron chi connectivity index (χ1n) is 1.49. The van der Waals surface area contributed by atoms with Gasteiger partial charge in [0.25, 0.3) is 0 Å². The second kappa shape index (κ2) is 8.98. The highest BCUT2D eigenvalue weighted by atomic mass is 35.5. The molecule has 0 bridgehead atoms. The number of hydrogen-bond acceptors (Lipinski definition) is 0. The molecule has 0 N–H and O–H groups in total. The summed E-state index contributed by atoms with van der Waals surface area (Å²) in [7, 11) is 0. The molecule has 0 aromatic rings. The van der Waals surface area contributed by atoms with Crippen molar-refractivity contribution in [2.24, 2.45) is 0 Å². The van der Waals surface area contributed by atoms with E-state index in [2.05, 4.69) is 0 Å². The SMILES string of the molecule is C/C=C\C.Cl. The van der Waals surface area contributed by atoms with Gasteiger partial charge in [-0.25, -0.2) is 0 Å². The second-order valence-corrected chi connectivity index (χ2v) is 0.667. The number of halogens is 1. The molecule has 1 heteroatoms. The summed E-state index contributed by atoms with van der Waals surface area (Å²) in [6.07, 6.45) is 4.00. The van der Waals surface area contributed by atoms with Crippen molar-refractivity contribution in [3.63, 3.8) is 0 Å². The van der Waals surface area contributed by atoms with E-state index in [-0.39, 0.29) is 12.4 Å². The molecule has 5 heavy (non-hydrogen) atoms. The van der Waals surface area contributed by atoms with Gasteiger partial charge in [-0.1, -0.05) is 12.2 Å². The molecular formula is C4H9Cl. The summed E-state index contributed by atoms with van der Waals surface area (Å²) in [6, 6.07) is 0. The third kappa shape index (κ3) is 15.7. The molecule has 0 atom stereocenters. The molecular weight excluding hydrogens is 83.5 g/mol. The zero-order chi connectivity index (χ0) is 3.41. The maximum Gasteiger partial charge on any atom is -0.0470 e. The molecule has 0 aromatic heterocycles. The molecule has 0 saturated heterocycles. The highest BCUT2D eigenvalue weighted by Crippen LogP contribution is 1.57. The standard InChI is InChI=1S/C4H8.ClH/c1-3-4-2;/h3-4H,1-2H3;1H/b4-3-;. The molecule has 0 saturated carbocycles. The minimum atomic E-state index is 0. The summed E-state index contributed by atoms with van der Waals surface area (Å²) in [4.78, 5) is 0. The van der Waals surface area contributed by atoms with E-state index in [0.29, 0.717) is 0 Å². The van der Waals surface area contributed by atoms with Gasteiger partial charge in [-0.2, -0.15) is 0 Å². The first kappa shape index (κ1) is 8.90. The van der Waals surface area contributed by atoms with Crippen molar-refractivity contribution in [3.05, 3.63) is 12.2 Å². The second-order valence-electron chi connectivity index (χ2n) is 0.667. The van der Waals surface area contributed by atoms with E-state index in [1.807, 2.05) is 26.0 Å². The normalized spacial score (nSPS) is 7.60. The monoisotopic (exact) mass is 92.0 g/mol. The van der Waals surface area contributed by atoms with Gasteiger partial charge in [-0.3, -0.25) is 0 Å². The molecule has 0 spiro atoms. The largest absolute Gasteiger partial charge is 0.147 e. The zero-order valence-electron chi connectivity index (χ0n) is 3.56. The quantitative estimate of drug-likeness (QED) is 0.401. The maximum atomic E-state index is 2.00. The molecule has 0 radical (unpaired) electrons. The van der Waals surface area contributed by atoms with Crippen molar-refractivity contribution in [2.45, 2.75) is 13.8 Å². The Balaban J connectivity index is 0. The van der Waals surface area contributed by atoms with Crippen molar-refractivity contribution in [3.8, 4) is 0 Å². The van der Waals surface area contributed by atoms with E-state index in [1.165, 1.54) is 0 Å². The van der Waals surface area contributed by atoms with Crippen LogP contribution in [0.15, 0.2) is 12.2 Å². The predicted molar refractivity (Wildman–Crippen MR) is 27.7 cm³/mol. The van der Waals surface area contributed by atoms with Crippen LogP contribution in [0.2, 0.25) is 0 Å². The molecule has 0 fully saturated rings. The van der Waals surface area contributed by atoms with Crippen LogP contribution >= 0.6 is 12.4 Å². The van der Waals surface area contributed by atoms with Crippen LogP contribution < -0.4 is 0 Å². The lowest BCUT2D eigenvalue weighted by Gasteiger charge is -1.49. The van der Waals surface area contributed by atoms with E-state index in [0.717, 1.165) is 0 Å². The van der Waals surface area contributed by atoms with E-state index in [9.17, 15) is 0 Å². The summed E-state index contributed by atoms with van der Waals surface area (Å²) in [6.45, 7) is 4.00. The topological polar surface area (TPSA) is 0 Å². The van der Waals surface area contributed by atoms with Crippen LogP contribution in [0.25, 0.3) is 0 Å². The summed E-state index contributed by atoms with van der Waals surface area (Å²) in [5.74, 6) is 0. The van der Waals surface area contributed by atoms with Crippen LogP contribution in [-0.4, -0.2) is 0 Å². The minimum absolute atomic E-state index is 0. The molecule has 0 rings (SSSR count). The lowest BCUT2D eigenvalue weighted by atomic mass is 10.6. The van der Waals surface area contributed by atoms with Gasteiger partial charge in [0, 0.05) is 0 Å². The zero-order valence-corrected chi connectivity index (χ0v) is 4.38. The van der Waals surface area contributed by atoms with Crippen LogP contribution in [0.3, 0.4) is 0 Å². The van der Waals surface area contributed by atoms with Gasteiger partial charge in [0.2, 0.25) is 0 Å². The number of hydrogen-bond donors (Lipinski definition) is 0. The highest BCUT2D eigenvalue weighted by Gasteiger charge is 1.34. The summed E-state index contributed by atoms with van der Waals surface area (Å²) in [5.41, 5.74) is 0. The minimum Gasteiger partial charge on any atom is -0.147 e. The predicted octanol–water partition coefficient (Wildman–Crippen LogP) is 2.00. The fourth-order valence-electron chi connectivity index (χ4n) is 0. The molecule has 0 amide bonds. The average molecular weight is 92.6 g/mol. The summed E-state index contributed by atoms with van der Waals surface area (Å²) in [5, 5.41) is 0. The van der Waals surface area contributed by atoms with E-state index in [1.54, 1.807) is 0 Å². The maximum absolute atomic E-state index is 2.00. The molecule has 0 aliphatic rings. The van der Waals surface area contributed by atoms with Gasteiger partial charge in [0.15, 0.2) is 0 Å². The van der Waals surface area contributed by atoms with Crippen LogP contribution in [-0.2, 0) is 0 Å². The fraction of sp³-hybridized carbons (Fsp3) is 0.500. The Labute approximate surface area is 39.3 Å². The lowest BCUT2D eigenvalue weighted by Crippen LogP contribution is -1.26. The molecule has 0 unspecified atom stereocenters.